The number of hydrogen-bond donors (Lipinski definition) is 2. The molecule has 2 aromatic carbocycles. The summed E-state index contributed by atoms with van der Waals surface area (Å²) in [5.74, 6) is 0.798. The Morgan fingerprint density at radius 1 is 1.12 bits per heavy atom. The zero-order valence-electron chi connectivity index (χ0n) is 14.0. The van der Waals surface area contributed by atoms with Gasteiger partial charge in [-0.1, -0.05) is 29.8 Å². The highest BCUT2D eigenvalue weighted by molar-refractivity contribution is 6.35. The largest absolute Gasteiger partial charge is 0.497 e. The van der Waals surface area contributed by atoms with Crippen molar-refractivity contribution in [2.75, 3.05) is 13.7 Å². The van der Waals surface area contributed by atoms with Crippen molar-refractivity contribution in [3.8, 4) is 5.75 Å². The van der Waals surface area contributed by atoms with Crippen LogP contribution in [-0.2, 0) is 13.1 Å². The number of nitrogens with one attached hydrogen (secondary N) is 2. The van der Waals surface area contributed by atoms with Crippen LogP contribution in [-0.4, -0.2) is 24.3 Å². The van der Waals surface area contributed by atoms with Gasteiger partial charge in [-0.05, 0) is 35.9 Å². The van der Waals surface area contributed by atoms with Crippen LogP contribution in [0.1, 0.15) is 5.56 Å². The van der Waals surface area contributed by atoms with E-state index in [1.54, 1.807) is 7.11 Å². The standard InChI is InChI=1S/C19H20ClN3O2/c1-25-15-7-5-14(6-8-15)13-22-19(24)21-10-12-23-11-9-16-17(20)3-2-4-18(16)23/h2-9,11H,10,12-13H2,1H3,(H2,21,22,24). The average Bonchev–Trinajstić information content (AvgIpc) is 3.05. The third-order valence-corrected chi connectivity index (χ3v) is 4.34. The fourth-order valence-corrected chi connectivity index (χ4v) is 2.89. The summed E-state index contributed by atoms with van der Waals surface area (Å²) in [7, 11) is 1.63. The molecule has 0 aliphatic heterocycles. The van der Waals surface area contributed by atoms with Crippen LogP contribution < -0.4 is 15.4 Å². The molecular formula is C19H20ClN3O2. The zero-order valence-corrected chi connectivity index (χ0v) is 14.7. The minimum atomic E-state index is -0.190. The van der Waals surface area contributed by atoms with Gasteiger partial charge < -0.3 is 19.9 Å². The number of halogens is 1. The fourth-order valence-electron chi connectivity index (χ4n) is 2.66. The van der Waals surface area contributed by atoms with Crippen LogP contribution in [0, 0.1) is 0 Å². The molecule has 2 N–H and O–H groups in total. The SMILES string of the molecule is COc1ccc(CNC(=O)NCCn2ccc3c(Cl)cccc32)cc1. The highest BCUT2D eigenvalue weighted by atomic mass is 35.5. The maximum atomic E-state index is 11.9. The van der Waals surface area contributed by atoms with Crippen molar-refractivity contribution in [3.05, 3.63) is 65.3 Å². The molecule has 2 amide bonds. The first-order valence-corrected chi connectivity index (χ1v) is 8.43. The molecule has 0 spiro atoms. The lowest BCUT2D eigenvalue weighted by Gasteiger charge is -2.10. The third-order valence-electron chi connectivity index (χ3n) is 4.01. The maximum Gasteiger partial charge on any atom is 0.315 e. The summed E-state index contributed by atoms with van der Waals surface area (Å²) in [6.45, 7) is 1.68. The van der Waals surface area contributed by atoms with Gasteiger partial charge in [0.25, 0.3) is 0 Å². The summed E-state index contributed by atoms with van der Waals surface area (Å²) in [5.41, 5.74) is 2.08. The topological polar surface area (TPSA) is 55.3 Å². The molecule has 0 aliphatic rings. The molecule has 0 aliphatic carbocycles. The predicted molar refractivity (Wildman–Crippen MR) is 100 cm³/mol. The van der Waals surface area contributed by atoms with Crippen molar-refractivity contribution in [2.45, 2.75) is 13.1 Å². The van der Waals surface area contributed by atoms with Crippen LogP contribution in [0.2, 0.25) is 5.02 Å². The Bertz CT molecular complexity index is 859. The minimum absolute atomic E-state index is 0.190. The van der Waals surface area contributed by atoms with Crippen LogP contribution >= 0.6 is 11.6 Å². The molecule has 0 radical (unpaired) electrons. The molecule has 0 unspecified atom stereocenters. The van der Waals surface area contributed by atoms with Gasteiger partial charge in [0, 0.05) is 41.8 Å². The van der Waals surface area contributed by atoms with Gasteiger partial charge in [0.15, 0.2) is 0 Å². The van der Waals surface area contributed by atoms with Gasteiger partial charge in [-0.3, -0.25) is 0 Å². The van der Waals surface area contributed by atoms with Crippen molar-refractivity contribution in [1.82, 2.24) is 15.2 Å². The molecule has 0 bridgehead atoms. The lowest BCUT2D eigenvalue weighted by molar-refractivity contribution is 0.240. The van der Waals surface area contributed by atoms with E-state index in [1.165, 1.54) is 0 Å². The van der Waals surface area contributed by atoms with E-state index in [0.717, 1.165) is 27.2 Å². The summed E-state index contributed by atoms with van der Waals surface area (Å²) in [6.07, 6.45) is 1.98. The average molecular weight is 358 g/mol. The van der Waals surface area contributed by atoms with E-state index in [9.17, 15) is 4.79 Å². The van der Waals surface area contributed by atoms with Gasteiger partial charge in [-0.15, -0.1) is 0 Å². The van der Waals surface area contributed by atoms with Crippen molar-refractivity contribution < 1.29 is 9.53 Å². The summed E-state index contributed by atoms with van der Waals surface area (Å²) >= 11 is 6.17. The van der Waals surface area contributed by atoms with Crippen molar-refractivity contribution in [2.24, 2.45) is 0 Å². The van der Waals surface area contributed by atoms with E-state index in [0.29, 0.717) is 19.6 Å². The van der Waals surface area contributed by atoms with Crippen molar-refractivity contribution in [3.63, 3.8) is 0 Å². The van der Waals surface area contributed by atoms with Gasteiger partial charge in [0.2, 0.25) is 0 Å². The summed E-state index contributed by atoms with van der Waals surface area (Å²) in [6, 6.07) is 15.2. The van der Waals surface area contributed by atoms with Gasteiger partial charge in [-0.2, -0.15) is 0 Å². The quantitative estimate of drug-likeness (QED) is 0.705. The number of rotatable bonds is 6. The predicted octanol–water partition coefficient (Wildman–Crippen LogP) is 3.80. The first-order chi connectivity index (χ1) is 12.2. The number of methoxy groups -OCH3 is 1. The Balaban J connectivity index is 1.46. The monoisotopic (exact) mass is 357 g/mol. The van der Waals surface area contributed by atoms with Crippen LogP contribution in [0.25, 0.3) is 10.9 Å². The molecule has 5 nitrogen and oxygen atoms in total. The molecular weight excluding hydrogens is 338 g/mol. The summed E-state index contributed by atoms with van der Waals surface area (Å²) in [5, 5.41) is 7.46. The fraction of sp³-hybridized carbons (Fsp3) is 0.211. The summed E-state index contributed by atoms with van der Waals surface area (Å²) in [4.78, 5) is 11.9. The minimum Gasteiger partial charge on any atom is -0.497 e. The number of urea groups is 1. The number of benzene rings is 2. The molecule has 6 heteroatoms. The highest BCUT2D eigenvalue weighted by Crippen LogP contribution is 2.23. The Labute approximate surface area is 151 Å². The Hall–Kier alpha value is -2.66. The Morgan fingerprint density at radius 2 is 1.92 bits per heavy atom. The number of amides is 2. The second-order valence-electron chi connectivity index (χ2n) is 5.64. The highest BCUT2D eigenvalue weighted by Gasteiger charge is 2.05. The van der Waals surface area contributed by atoms with E-state index in [-0.39, 0.29) is 6.03 Å². The number of carbonyl (C=O) groups is 1. The number of aromatic nitrogens is 1. The Morgan fingerprint density at radius 3 is 2.68 bits per heavy atom. The molecule has 25 heavy (non-hydrogen) atoms. The first kappa shape index (κ1) is 17.2. The molecule has 0 atom stereocenters. The molecule has 130 valence electrons. The van der Waals surface area contributed by atoms with Gasteiger partial charge in [-0.25, -0.2) is 4.79 Å². The molecule has 1 heterocycles. The zero-order chi connectivity index (χ0) is 17.6. The maximum absolute atomic E-state index is 11.9. The summed E-state index contributed by atoms with van der Waals surface area (Å²) < 4.78 is 7.19. The lowest BCUT2D eigenvalue weighted by atomic mass is 10.2. The number of nitrogens with zero attached hydrogens (tertiary/aromatic N) is 1. The van der Waals surface area contributed by atoms with Crippen LogP contribution in [0.15, 0.2) is 54.7 Å². The molecule has 0 saturated heterocycles. The van der Waals surface area contributed by atoms with Gasteiger partial charge >= 0.3 is 6.03 Å². The smallest absolute Gasteiger partial charge is 0.315 e. The third kappa shape index (κ3) is 4.25. The van der Waals surface area contributed by atoms with E-state index in [2.05, 4.69) is 15.2 Å². The number of carbonyl (C=O) groups excluding carboxylic acids is 1. The Kier molecular flexibility index (Phi) is 5.46. The first-order valence-electron chi connectivity index (χ1n) is 8.05. The second-order valence-corrected chi connectivity index (χ2v) is 6.05. The number of fused-ring (bicyclic) bond motifs is 1. The second kappa shape index (κ2) is 7.94. The van der Waals surface area contributed by atoms with Crippen LogP contribution in [0.3, 0.4) is 0 Å². The molecule has 0 fully saturated rings. The number of hydrogen-bond acceptors (Lipinski definition) is 2. The normalized spacial score (nSPS) is 10.6. The molecule has 0 saturated carbocycles. The lowest BCUT2D eigenvalue weighted by Crippen LogP contribution is -2.36. The van der Waals surface area contributed by atoms with E-state index in [1.807, 2.05) is 54.7 Å². The molecule has 3 aromatic rings. The van der Waals surface area contributed by atoms with Crippen LogP contribution in [0.5, 0.6) is 5.75 Å². The molecule has 1 aromatic heterocycles. The van der Waals surface area contributed by atoms with Crippen molar-refractivity contribution in [1.29, 1.82) is 0 Å². The van der Waals surface area contributed by atoms with Crippen molar-refractivity contribution >= 4 is 28.5 Å². The van der Waals surface area contributed by atoms with E-state index < -0.39 is 0 Å². The molecule has 3 rings (SSSR count). The van der Waals surface area contributed by atoms with E-state index >= 15 is 0 Å². The van der Waals surface area contributed by atoms with Crippen LogP contribution in [0.4, 0.5) is 4.79 Å². The van der Waals surface area contributed by atoms with Gasteiger partial charge in [0.05, 0.1) is 7.11 Å². The number of ether oxygens (including phenoxy) is 1. The van der Waals surface area contributed by atoms with E-state index in [4.69, 9.17) is 16.3 Å². The van der Waals surface area contributed by atoms with Gasteiger partial charge in [0.1, 0.15) is 5.75 Å².